The Balaban J connectivity index is 4.33. The number of carbonyl (C=O) groups is 1. The molecule has 0 aliphatic rings. The third-order valence-corrected chi connectivity index (χ3v) is 1.27. The fourth-order valence-electron chi connectivity index (χ4n) is 0.417. The van der Waals surface area contributed by atoms with Crippen LogP contribution in [0.3, 0.4) is 0 Å². The van der Waals surface area contributed by atoms with Gasteiger partial charge in [0.1, 0.15) is 0 Å². The molecule has 0 saturated heterocycles. The summed E-state index contributed by atoms with van der Waals surface area (Å²) in [4.78, 5) is 10.5. The van der Waals surface area contributed by atoms with Gasteiger partial charge in [0, 0.05) is 20.1 Å². The van der Waals surface area contributed by atoms with Gasteiger partial charge in [-0.15, -0.1) is 0 Å². The van der Waals surface area contributed by atoms with Crippen molar-refractivity contribution in [3.8, 4) is 0 Å². The van der Waals surface area contributed by atoms with E-state index in [0.717, 1.165) is 20.1 Å². The number of rotatable bonds is 4. The van der Waals surface area contributed by atoms with Crippen LogP contribution in [0.4, 0.5) is 8.78 Å². The molecule has 0 fully saturated rings. The molecule has 70 valence electrons. The van der Waals surface area contributed by atoms with Crippen LogP contribution < -0.4 is 0 Å². The molecule has 0 aliphatic carbocycles. The fourth-order valence-corrected chi connectivity index (χ4v) is 0.417. The fraction of sp³-hybridized carbons (Fsp3) is 0.571. The van der Waals surface area contributed by atoms with Crippen molar-refractivity contribution in [1.82, 2.24) is 0 Å². The summed E-state index contributed by atoms with van der Waals surface area (Å²) in [6, 6.07) is 0. The van der Waals surface area contributed by atoms with E-state index in [4.69, 9.17) is 0 Å². The molecular formula is C7H10F2O3. The van der Waals surface area contributed by atoms with Crippen LogP contribution in [-0.4, -0.2) is 25.3 Å². The Hall–Kier alpha value is -0.970. The Morgan fingerprint density at radius 1 is 1.67 bits per heavy atom. The molecule has 0 N–H and O–H groups in total. The van der Waals surface area contributed by atoms with E-state index in [9.17, 15) is 13.6 Å². The summed E-state index contributed by atoms with van der Waals surface area (Å²) >= 11 is 0. The lowest BCUT2D eigenvalue weighted by atomic mass is 10.3. The number of ether oxygens (including phenoxy) is 2. The van der Waals surface area contributed by atoms with Crippen molar-refractivity contribution >= 4 is 5.97 Å². The molecule has 0 bridgehead atoms. The first-order valence-electron chi connectivity index (χ1n) is 3.15. The molecule has 5 heteroatoms. The molecule has 0 aromatic heterocycles. The van der Waals surface area contributed by atoms with E-state index < -0.39 is 18.2 Å². The highest BCUT2D eigenvalue weighted by atomic mass is 19.3. The van der Waals surface area contributed by atoms with E-state index >= 15 is 0 Å². The van der Waals surface area contributed by atoms with Crippen molar-refractivity contribution in [1.29, 1.82) is 0 Å². The number of carbonyl (C=O) groups excluding carboxylic acids is 1. The van der Waals surface area contributed by atoms with Crippen LogP contribution >= 0.6 is 0 Å². The zero-order chi connectivity index (χ0) is 9.78. The summed E-state index contributed by atoms with van der Waals surface area (Å²) in [6.07, 6.45) is -2.11. The van der Waals surface area contributed by atoms with E-state index in [-0.39, 0.29) is 0 Å². The van der Waals surface area contributed by atoms with Crippen LogP contribution in [0.5, 0.6) is 0 Å². The Labute approximate surface area is 69.0 Å². The molecule has 0 aliphatic heterocycles. The maximum atomic E-state index is 12.1. The lowest BCUT2D eigenvalue weighted by molar-refractivity contribution is -0.257. The lowest BCUT2D eigenvalue weighted by Crippen LogP contribution is -2.40. The highest BCUT2D eigenvalue weighted by Crippen LogP contribution is 2.20. The Bertz CT molecular complexity index is 181. The molecule has 3 nitrogen and oxygen atoms in total. The van der Waals surface area contributed by atoms with Crippen LogP contribution in [0.15, 0.2) is 12.7 Å². The number of halogens is 2. The maximum Gasteiger partial charge on any atom is 0.332 e. The van der Waals surface area contributed by atoms with Gasteiger partial charge in [-0.1, -0.05) is 6.58 Å². The largest absolute Gasteiger partial charge is 0.424 e. The predicted octanol–water partition coefficient (Wildman–Crippen LogP) is 1.34. The molecule has 12 heavy (non-hydrogen) atoms. The third kappa shape index (κ3) is 2.58. The number of esters is 1. The highest BCUT2D eigenvalue weighted by molar-refractivity contribution is 5.81. The normalized spacial score (nSPS) is 15.4. The second-order valence-corrected chi connectivity index (χ2v) is 2.15. The summed E-state index contributed by atoms with van der Waals surface area (Å²) in [5, 5.41) is 0. The molecular weight excluding hydrogens is 170 g/mol. The van der Waals surface area contributed by atoms with Gasteiger partial charge in [0.15, 0.2) is 0 Å². The average molecular weight is 180 g/mol. The van der Waals surface area contributed by atoms with E-state index in [1.165, 1.54) is 0 Å². The van der Waals surface area contributed by atoms with Crippen LogP contribution in [0.1, 0.15) is 6.92 Å². The molecule has 0 spiro atoms. The molecule has 0 aromatic carbocycles. The maximum absolute atomic E-state index is 12.1. The van der Waals surface area contributed by atoms with E-state index in [2.05, 4.69) is 16.1 Å². The number of methoxy groups -OCH3 is 1. The van der Waals surface area contributed by atoms with Crippen molar-refractivity contribution in [3.05, 3.63) is 12.7 Å². The van der Waals surface area contributed by atoms with Gasteiger partial charge in [-0.2, -0.15) is 0 Å². The highest BCUT2D eigenvalue weighted by Gasteiger charge is 2.38. The second-order valence-electron chi connectivity index (χ2n) is 2.15. The minimum absolute atomic E-state index is 0.791. The first-order valence-corrected chi connectivity index (χ1v) is 3.15. The molecule has 0 radical (unpaired) electrons. The monoisotopic (exact) mass is 180 g/mol. The van der Waals surface area contributed by atoms with Crippen molar-refractivity contribution in [2.24, 2.45) is 0 Å². The number of hydrogen-bond acceptors (Lipinski definition) is 3. The zero-order valence-electron chi connectivity index (χ0n) is 6.84. The van der Waals surface area contributed by atoms with Gasteiger partial charge in [-0.25, -0.2) is 13.6 Å². The van der Waals surface area contributed by atoms with E-state index in [0.29, 0.717) is 0 Å². The molecule has 0 aromatic rings. The van der Waals surface area contributed by atoms with E-state index in [1.54, 1.807) is 0 Å². The number of alkyl halides is 2. The summed E-state index contributed by atoms with van der Waals surface area (Å²) in [5.74, 6) is -3.13. The molecule has 1 atom stereocenters. The second kappa shape index (κ2) is 4.15. The zero-order valence-corrected chi connectivity index (χ0v) is 6.84. The van der Waals surface area contributed by atoms with Crippen molar-refractivity contribution in [2.75, 3.05) is 7.11 Å². The van der Waals surface area contributed by atoms with Crippen LogP contribution in [-0.2, 0) is 14.3 Å². The average Bonchev–Trinajstić information content (AvgIpc) is 2.03. The first-order chi connectivity index (χ1) is 5.46. The Morgan fingerprint density at radius 3 is 2.42 bits per heavy atom. The summed E-state index contributed by atoms with van der Waals surface area (Å²) in [6.45, 7) is 4.03. The smallest absolute Gasteiger partial charge is 0.332 e. The van der Waals surface area contributed by atoms with Crippen LogP contribution in [0.25, 0.3) is 0 Å². The van der Waals surface area contributed by atoms with Gasteiger partial charge in [0.05, 0.1) is 0 Å². The topological polar surface area (TPSA) is 35.5 Å². The van der Waals surface area contributed by atoms with Crippen molar-refractivity contribution in [2.45, 2.75) is 19.1 Å². The molecule has 0 amide bonds. The van der Waals surface area contributed by atoms with Crippen LogP contribution in [0, 0.1) is 0 Å². The SMILES string of the molecule is C=CC(=O)OC(C)(OC)C(F)F. The van der Waals surface area contributed by atoms with Gasteiger partial charge < -0.3 is 9.47 Å². The van der Waals surface area contributed by atoms with Gasteiger partial charge in [-0.3, -0.25) is 0 Å². The summed E-state index contributed by atoms with van der Waals surface area (Å²) in [7, 11) is 1.03. The lowest BCUT2D eigenvalue weighted by Gasteiger charge is -2.25. The van der Waals surface area contributed by atoms with Gasteiger partial charge in [-0.05, 0) is 0 Å². The van der Waals surface area contributed by atoms with Gasteiger partial charge >= 0.3 is 12.4 Å². The Morgan fingerprint density at radius 2 is 2.17 bits per heavy atom. The molecule has 1 unspecified atom stereocenters. The standard InChI is InChI=1S/C7H10F2O3/c1-4-5(10)12-7(2,11-3)6(8)9/h4,6H,1H2,2-3H3. The molecule has 0 saturated carbocycles. The molecule has 0 rings (SSSR count). The molecule has 0 heterocycles. The minimum Gasteiger partial charge on any atom is -0.424 e. The third-order valence-electron chi connectivity index (χ3n) is 1.27. The van der Waals surface area contributed by atoms with E-state index in [1.807, 2.05) is 0 Å². The Kier molecular flexibility index (Phi) is 3.82. The predicted molar refractivity (Wildman–Crippen MR) is 37.7 cm³/mol. The first kappa shape index (κ1) is 11.0. The quantitative estimate of drug-likeness (QED) is 0.372. The van der Waals surface area contributed by atoms with Crippen molar-refractivity contribution in [3.63, 3.8) is 0 Å². The van der Waals surface area contributed by atoms with Gasteiger partial charge in [0.2, 0.25) is 0 Å². The minimum atomic E-state index is -2.90. The number of hydrogen-bond donors (Lipinski definition) is 0. The van der Waals surface area contributed by atoms with Gasteiger partial charge in [0.25, 0.3) is 5.79 Å². The summed E-state index contributed by atoms with van der Waals surface area (Å²) in [5.41, 5.74) is 0. The van der Waals surface area contributed by atoms with Crippen molar-refractivity contribution < 1.29 is 23.0 Å². The van der Waals surface area contributed by atoms with Crippen LogP contribution in [0.2, 0.25) is 0 Å². The summed E-state index contributed by atoms with van der Waals surface area (Å²) < 4.78 is 32.9.